The van der Waals surface area contributed by atoms with Crippen LogP contribution in [0.4, 0.5) is 0 Å². The van der Waals surface area contributed by atoms with Crippen LogP contribution in [0.15, 0.2) is 46.8 Å². The summed E-state index contributed by atoms with van der Waals surface area (Å²) in [5.41, 5.74) is 1.89. The van der Waals surface area contributed by atoms with Crippen molar-refractivity contribution in [1.29, 1.82) is 0 Å². The van der Waals surface area contributed by atoms with Crippen LogP contribution in [0.1, 0.15) is 36.1 Å². The molecule has 28 heavy (non-hydrogen) atoms. The zero-order chi connectivity index (χ0) is 20.6. The number of aryl methyl sites for hydroxylation is 1. The van der Waals surface area contributed by atoms with E-state index >= 15 is 0 Å². The van der Waals surface area contributed by atoms with Crippen molar-refractivity contribution in [3.63, 3.8) is 0 Å². The molecule has 0 atom stereocenters. The fourth-order valence-electron chi connectivity index (χ4n) is 2.84. The van der Waals surface area contributed by atoms with E-state index < -0.39 is 15.9 Å². The van der Waals surface area contributed by atoms with E-state index in [1.807, 2.05) is 20.8 Å². The molecule has 1 aromatic carbocycles. The van der Waals surface area contributed by atoms with Gasteiger partial charge in [0.05, 0.1) is 20.8 Å². The van der Waals surface area contributed by atoms with Crippen LogP contribution in [-0.2, 0) is 16.6 Å². The summed E-state index contributed by atoms with van der Waals surface area (Å²) in [5, 5.41) is 9.57. The summed E-state index contributed by atoms with van der Waals surface area (Å²) in [4.78, 5) is 17.6. The standard InChI is InChI=1S/C18H21N5O3S2/c1-5-8-22-14-7-6-13(28(19,25)26)10-16(14)27-18(22)20-17(24)15-9-12(4)21-23(15)11(2)3/h5-7,9-11H,1,8H2,2-4H3,(H2,19,25,26). The van der Waals surface area contributed by atoms with Crippen molar-refractivity contribution < 1.29 is 13.2 Å². The smallest absolute Gasteiger partial charge is 0.297 e. The molecule has 0 aliphatic heterocycles. The largest absolute Gasteiger partial charge is 0.312 e. The first-order valence-electron chi connectivity index (χ1n) is 8.54. The van der Waals surface area contributed by atoms with Gasteiger partial charge in [-0.05, 0) is 45.0 Å². The van der Waals surface area contributed by atoms with E-state index in [0.717, 1.165) is 11.2 Å². The van der Waals surface area contributed by atoms with Crippen molar-refractivity contribution in [2.24, 2.45) is 10.1 Å². The molecule has 0 unspecified atom stereocenters. The van der Waals surface area contributed by atoms with Crippen molar-refractivity contribution in [2.75, 3.05) is 0 Å². The summed E-state index contributed by atoms with van der Waals surface area (Å²) in [5.74, 6) is -0.412. The van der Waals surface area contributed by atoms with Crippen molar-refractivity contribution >= 4 is 37.5 Å². The van der Waals surface area contributed by atoms with Crippen molar-refractivity contribution in [1.82, 2.24) is 14.3 Å². The normalized spacial score (nSPS) is 12.8. The highest BCUT2D eigenvalue weighted by Crippen LogP contribution is 2.21. The lowest BCUT2D eigenvalue weighted by atomic mass is 10.3. The zero-order valence-corrected chi connectivity index (χ0v) is 17.4. The number of hydrogen-bond donors (Lipinski definition) is 1. The third-order valence-corrected chi connectivity index (χ3v) is 6.01. The third kappa shape index (κ3) is 3.84. The van der Waals surface area contributed by atoms with Crippen LogP contribution in [-0.4, -0.2) is 28.7 Å². The molecule has 0 radical (unpaired) electrons. The van der Waals surface area contributed by atoms with Crippen LogP contribution in [0.3, 0.4) is 0 Å². The molecule has 0 aliphatic carbocycles. The van der Waals surface area contributed by atoms with Crippen LogP contribution < -0.4 is 9.94 Å². The van der Waals surface area contributed by atoms with Crippen molar-refractivity contribution in [2.45, 2.75) is 38.3 Å². The molecular formula is C18H21N5O3S2. The number of carbonyl (C=O) groups excluding carboxylic acids is 1. The molecule has 1 amide bonds. The number of benzene rings is 1. The molecule has 2 heterocycles. The van der Waals surface area contributed by atoms with Crippen LogP contribution in [0.2, 0.25) is 0 Å². The second-order valence-corrected chi connectivity index (χ2v) is 9.16. The van der Waals surface area contributed by atoms with Crippen LogP contribution in [0.5, 0.6) is 0 Å². The van der Waals surface area contributed by atoms with E-state index in [2.05, 4.69) is 16.7 Å². The van der Waals surface area contributed by atoms with Gasteiger partial charge < -0.3 is 4.57 Å². The van der Waals surface area contributed by atoms with E-state index in [9.17, 15) is 13.2 Å². The van der Waals surface area contributed by atoms with Crippen LogP contribution in [0.25, 0.3) is 10.2 Å². The quantitative estimate of drug-likeness (QED) is 0.640. The molecule has 0 fully saturated rings. The number of nitrogens with zero attached hydrogens (tertiary/aromatic N) is 4. The van der Waals surface area contributed by atoms with Gasteiger partial charge in [-0.15, -0.1) is 6.58 Å². The fraction of sp³-hybridized carbons (Fsp3) is 0.278. The first kappa shape index (κ1) is 20.2. The minimum absolute atomic E-state index is 0.0124. The number of allylic oxidation sites excluding steroid dienone is 1. The average molecular weight is 420 g/mol. The molecule has 3 aromatic rings. The summed E-state index contributed by atoms with van der Waals surface area (Å²) < 4.78 is 27.4. The average Bonchev–Trinajstić information content (AvgIpc) is 3.15. The van der Waals surface area contributed by atoms with E-state index in [1.54, 1.807) is 27.5 Å². The molecule has 0 aliphatic rings. The summed E-state index contributed by atoms with van der Waals surface area (Å²) in [6.07, 6.45) is 1.69. The Morgan fingerprint density at radius 3 is 2.71 bits per heavy atom. The lowest BCUT2D eigenvalue weighted by molar-refractivity contribution is 0.0986. The number of amides is 1. The van der Waals surface area contributed by atoms with Gasteiger partial charge in [0.1, 0.15) is 5.69 Å². The Labute approximate surface area is 166 Å². The van der Waals surface area contributed by atoms with Crippen LogP contribution >= 0.6 is 11.3 Å². The Balaban J connectivity index is 2.20. The number of fused-ring (bicyclic) bond motifs is 1. The highest BCUT2D eigenvalue weighted by molar-refractivity contribution is 7.89. The maximum atomic E-state index is 12.8. The van der Waals surface area contributed by atoms with Gasteiger partial charge in [-0.3, -0.25) is 9.48 Å². The minimum atomic E-state index is -3.82. The predicted molar refractivity (Wildman–Crippen MR) is 109 cm³/mol. The molecule has 0 bridgehead atoms. The van der Waals surface area contributed by atoms with Crippen molar-refractivity contribution in [3.8, 4) is 0 Å². The highest BCUT2D eigenvalue weighted by atomic mass is 32.2. The SMILES string of the molecule is C=CCn1c(=NC(=O)c2cc(C)nn2C(C)C)sc2cc(S(N)(=O)=O)ccc21. The van der Waals surface area contributed by atoms with Crippen molar-refractivity contribution in [3.05, 3.63) is 53.1 Å². The highest BCUT2D eigenvalue weighted by Gasteiger charge is 2.17. The Kier molecular flexibility index (Phi) is 5.37. The summed E-state index contributed by atoms with van der Waals surface area (Å²) in [7, 11) is -3.82. The second kappa shape index (κ2) is 7.46. The van der Waals surface area contributed by atoms with Gasteiger partial charge in [-0.25, -0.2) is 13.6 Å². The molecule has 148 valence electrons. The minimum Gasteiger partial charge on any atom is -0.312 e. The Hall–Kier alpha value is -2.56. The number of rotatable bonds is 5. The van der Waals surface area contributed by atoms with E-state index in [0.29, 0.717) is 21.7 Å². The van der Waals surface area contributed by atoms with Gasteiger partial charge in [0.25, 0.3) is 5.91 Å². The third-order valence-electron chi connectivity index (χ3n) is 4.06. The first-order chi connectivity index (χ1) is 13.1. The lowest BCUT2D eigenvalue weighted by Crippen LogP contribution is -2.18. The van der Waals surface area contributed by atoms with Gasteiger partial charge in [0, 0.05) is 12.6 Å². The molecule has 0 saturated carbocycles. The number of nitrogens with two attached hydrogens (primary N) is 1. The molecule has 0 saturated heterocycles. The maximum absolute atomic E-state index is 12.8. The van der Waals surface area contributed by atoms with Gasteiger partial charge in [0.15, 0.2) is 4.80 Å². The van der Waals surface area contributed by atoms with Gasteiger partial charge in [-0.2, -0.15) is 10.1 Å². The van der Waals surface area contributed by atoms with Gasteiger partial charge >= 0.3 is 0 Å². The van der Waals surface area contributed by atoms with Gasteiger partial charge in [-0.1, -0.05) is 17.4 Å². The number of thiazole rings is 1. The Morgan fingerprint density at radius 2 is 2.11 bits per heavy atom. The summed E-state index contributed by atoms with van der Waals surface area (Å²) >= 11 is 1.22. The number of hydrogen-bond acceptors (Lipinski definition) is 5. The van der Waals surface area contributed by atoms with Gasteiger partial charge in [0.2, 0.25) is 10.0 Å². The summed E-state index contributed by atoms with van der Waals surface area (Å²) in [6, 6.07) is 6.30. The predicted octanol–water partition coefficient (Wildman–Crippen LogP) is 2.36. The topological polar surface area (TPSA) is 112 Å². The number of carbonyl (C=O) groups is 1. The molecule has 0 spiro atoms. The number of sulfonamides is 1. The maximum Gasteiger partial charge on any atom is 0.297 e. The molecule has 2 aromatic heterocycles. The molecule has 2 N–H and O–H groups in total. The van der Waals surface area contributed by atoms with Crippen LogP contribution in [0, 0.1) is 6.92 Å². The first-order valence-corrected chi connectivity index (χ1v) is 10.9. The molecule has 3 rings (SSSR count). The summed E-state index contributed by atoms with van der Waals surface area (Å²) in [6.45, 7) is 9.87. The monoisotopic (exact) mass is 419 g/mol. The Morgan fingerprint density at radius 1 is 1.39 bits per heavy atom. The second-order valence-electron chi connectivity index (χ2n) is 6.58. The van der Waals surface area contributed by atoms with E-state index in [1.165, 1.54) is 23.5 Å². The van der Waals surface area contributed by atoms with E-state index in [4.69, 9.17) is 5.14 Å². The lowest BCUT2D eigenvalue weighted by Gasteiger charge is -2.08. The number of aromatic nitrogens is 3. The van der Waals surface area contributed by atoms with E-state index in [-0.39, 0.29) is 10.9 Å². The fourth-order valence-corrected chi connectivity index (χ4v) is 4.53. The molecule has 10 heteroatoms. The zero-order valence-electron chi connectivity index (χ0n) is 15.8. The number of primary sulfonamides is 1. The molecule has 8 nitrogen and oxygen atoms in total. The Bertz CT molecular complexity index is 1250. The molecular weight excluding hydrogens is 398 g/mol.